The van der Waals surface area contributed by atoms with Gasteiger partial charge >= 0.3 is 11.7 Å². The van der Waals surface area contributed by atoms with Gasteiger partial charge in [-0.25, -0.2) is 23.2 Å². The van der Waals surface area contributed by atoms with Gasteiger partial charge in [0.1, 0.15) is 17.8 Å². The van der Waals surface area contributed by atoms with Crippen LogP contribution in [0.5, 0.6) is 5.75 Å². The number of halogens is 2. The highest BCUT2D eigenvalue weighted by Crippen LogP contribution is 2.29. The number of rotatable bonds is 5. The number of carbonyl (C=O) groups is 1. The molecule has 1 unspecified atom stereocenters. The Morgan fingerprint density at radius 2 is 2.08 bits per heavy atom. The fourth-order valence-corrected chi connectivity index (χ4v) is 2.18. The third kappa shape index (κ3) is 3.87. The van der Waals surface area contributed by atoms with E-state index < -0.39 is 29.1 Å². The van der Waals surface area contributed by atoms with E-state index in [1.807, 2.05) is 0 Å². The minimum atomic E-state index is -1.02. The SMILES string of the molecule is CCOC(=O)C(C)Oc1cc(-n2c(=O)cnn(C)c2=O)c(F)cc1Cl. The second-order valence-corrected chi connectivity index (χ2v) is 5.38. The Labute approximate surface area is 146 Å². The van der Waals surface area contributed by atoms with Gasteiger partial charge in [-0.2, -0.15) is 5.10 Å². The van der Waals surface area contributed by atoms with E-state index in [1.54, 1.807) is 6.92 Å². The van der Waals surface area contributed by atoms with E-state index in [-0.39, 0.29) is 23.1 Å². The molecule has 0 bridgehead atoms. The molecule has 0 aliphatic carbocycles. The summed E-state index contributed by atoms with van der Waals surface area (Å²) in [6.45, 7) is 3.23. The first-order valence-electron chi connectivity index (χ1n) is 7.24. The van der Waals surface area contributed by atoms with Gasteiger partial charge in [0.2, 0.25) is 0 Å². The molecule has 0 spiro atoms. The van der Waals surface area contributed by atoms with Gasteiger partial charge in [-0.15, -0.1) is 0 Å². The molecule has 134 valence electrons. The van der Waals surface area contributed by atoms with Crippen LogP contribution in [0.25, 0.3) is 5.69 Å². The van der Waals surface area contributed by atoms with Crippen LogP contribution in [-0.2, 0) is 16.6 Å². The van der Waals surface area contributed by atoms with Crippen LogP contribution in [-0.4, -0.2) is 33.0 Å². The second-order valence-electron chi connectivity index (χ2n) is 4.97. The molecule has 0 saturated heterocycles. The van der Waals surface area contributed by atoms with Gasteiger partial charge in [0.05, 0.1) is 17.3 Å². The number of aromatic nitrogens is 3. The molecule has 25 heavy (non-hydrogen) atoms. The van der Waals surface area contributed by atoms with E-state index in [0.717, 1.165) is 23.0 Å². The summed E-state index contributed by atoms with van der Waals surface area (Å²) in [6, 6.07) is 1.95. The molecule has 0 fully saturated rings. The van der Waals surface area contributed by atoms with E-state index in [0.29, 0.717) is 4.57 Å². The molecule has 1 aromatic carbocycles. The highest BCUT2D eigenvalue weighted by molar-refractivity contribution is 6.32. The van der Waals surface area contributed by atoms with E-state index in [2.05, 4.69) is 5.10 Å². The molecular formula is C15H15ClFN3O5. The molecule has 1 aromatic heterocycles. The molecule has 1 heterocycles. The van der Waals surface area contributed by atoms with Crippen LogP contribution >= 0.6 is 11.6 Å². The van der Waals surface area contributed by atoms with Crippen molar-refractivity contribution < 1.29 is 18.7 Å². The normalized spacial score (nSPS) is 11.9. The van der Waals surface area contributed by atoms with Crippen LogP contribution in [0.4, 0.5) is 4.39 Å². The van der Waals surface area contributed by atoms with Gasteiger partial charge in [-0.3, -0.25) is 4.79 Å². The Hall–Kier alpha value is -2.68. The Bertz CT molecular complexity index is 924. The zero-order chi connectivity index (χ0) is 18.7. The summed E-state index contributed by atoms with van der Waals surface area (Å²) < 4.78 is 25.9. The van der Waals surface area contributed by atoms with Crippen LogP contribution in [0.3, 0.4) is 0 Å². The van der Waals surface area contributed by atoms with Crippen molar-refractivity contribution in [2.75, 3.05) is 6.61 Å². The van der Waals surface area contributed by atoms with Crippen LogP contribution < -0.4 is 16.0 Å². The Morgan fingerprint density at radius 1 is 1.40 bits per heavy atom. The minimum Gasteiger partial charge on any atom is -0.477 e. The molecule has 10 heteroatoms. The predicted molar refractivity (Wildman–Crippen MR) is 86.8 cm³/mol. The molecule has 2 rings (SSSR count). The number of nitrogens with zero attached hydrogens (tertiary/aromatic N) is 3. The van der Waals surface area contributed by atoms with Crippen molar-refractivity contribution >= 4 is 17.6 Å². The number of benzene rings is 1. The summed E-state index contributed by atoms with van der Waals surface area (Å²) in [4.78, 5) is 35.7. The van der Waals surface area contributed by atoms with Gasteiger partial charge in [0, 0.05) is 13.1 Å². The monoisotopic (exact) mass is 371 g/mol. The summed E-state index contributed by atoms with van der Waals surface area (Å²) in [5, 5.41) is 3.43. The number of carbonyl (C=O) groups excluding carboxylic acids is 1. The first-order valence-corrected chi connectivity index (χ1v) is 7.62. The van der Waals surface area contributed by atoms with E-state index in [1.165, 1.54) is 14.0 Å². The Kier molecular flexibility index (Phi) is 5.58. The maximum absolute atomic E-state index is 14.3. The van der Waals surface area contributed by atoms with Crippen LogP contribution in [0.2, 0.25) is 5.02 Å². The molecule has 1 atom stereocenters. The second kappa shape index (κ2) is 7.47. The maximum Gasteiger partial charge on any atom is 0.351 e. The lowest BCUT2D eigenvalue weighted by Crippen LogP contribution is -2.39. The molecule has 8 nitrogen and oxygen atoms in total. The lowest BCUT2D eigenvalue weighted by atomic mass is 10.2. The van der Waals surface area contributed by atoms with Gasteiger partial charge in [0.25, 0.3) is 5.56 Å². The summed E-state index contributed by atoms with van der Waals surface area (Å²) in [5.74, 6) is -1.63. The summed E-state index contributed by atoms with van der Waals surface area (Å²) in [7, 11) is 1.31. The van der Waals surface area contributed by atoms with Crippen molar-refractivity contribution in [3.8, 4) is 11.4 Å². The summed E-state index contributed by atoms with van der Waals surface area (Å²) in [5.41, 5.74) is -2.05. The average Bonchev–Trinajstić information content (AvgIpc) is 2.55. The van der Waals surface area contributed by atoms with Gasteiger partial charge in [0.15, 0.2) is 6.10 Å². The standard InChI is InChI=1S/C15H15ClFN3O5/c1-4-24-14(22)8(2)25-12-6-11(10(17)5-9(12)16)20-13(21)7-18-19(3)15(20)23/h5-8H,4H2,1-3H3. The van der Waals surface area contributed by atoms with Crippen molar-refractivity contribution in [1.82, 2.24) is 14.3 Å². The third-order valence-corrected chi connectivity index (χ3v) is 3.49. The number of ether oxygens (including phenoxy) is 2. The number of aryl methyl sites for hydroxylation is 1. The highest BCUT2D eigenvalue weighted by atomic mass is 35.5. The molecular weight excluding hydrogens is 357 g/mol. The summed E-state index contributed by atoms with van der Waals surface area (Å²) in [6.07, 6.45) is -0.148. The van der Waals surface area contributed by atoms with Crippen molar-refractivity contribution in [3.05, 3.63) is 50.0 Å². The van der Waals surface area contributed by atoms with Crippen molar-refractivity contribution in [2.45, 2.75) is 20.0 Å². The summed E-state index contributed by atoms with van der Waals surface area (Å²) >= 11 is 5.93. The fourth-order valence-electron chi connectivity index (χ4n) is 1.98. The largest absolute Gasteiger partial charge is 0.477 e. The van der Waals surface area contributed by atoms with Gasteiger partial charge < -0.3 is 9.47 Å². The molecule has 0 amide bonds. The molecule has 0 aliphatic rings. The molecule has 0 saturated carbocycles. The minimum absolute atomic E-state index is 0.0793. The maximum atomic E-state index is 14.3. The van der Waals surface area contributed by atoms with Crippen molar-refractivity contribution in [3.63, 3.8) is 0 Å². The smallest absolute Gasteiger partial charge is 0.351 e. The zero-order valence-corrected chi connectivity index (χ0v) is 14.4. The third-order valence-electron chi connectivity index (χ3n) is 3.19. The number of esters is 1. The van der Waals surface area contributed by atoms with Gasteiger partial charge in [-0.05, 0) is 19.9 Å². The predicted octanol–water partition coefficient (Wildman–Crippen LogP) is 1.05. The first-order chi connectivity index (χ1) is 11.8. The topological polar surface area (TPSA) is 92.4 Å². The average molecular weight is 372 g/mol. The van der Waals surface area contributed by atoms with Crippen LogP contribution in [0.15, 0.2) is 27.9 Å². The lowest BCUT2D eigenvalue weighted by Gasteiger charge is -2.16. The van der Waals surface area contributed by atoms with E-state index >= 15 is 0 Å². The highest BCUT2D eigenvalue weighted by Gasteiger charge is 2.20. The van der Waals surface area contributed by atoms with Crippen LogP contribution in [0.1, 0.15) is 13.8 Å². The van der Waals surface area contributed by atoms with E-state index in [4.69, 9.17) is 21.1 Å². The number of hydrogen-bond acceptors (Lipinski definition) is 6. The molecule has 0 aliphatic heterocycles. The zero-order valence-electron chi connectivity index (χ0n) is 13.7. The van der Waals surface area contributed by atoms with Gasteiger partial charge in [-0.1, -0.05) is 11.6 Å². The fraction of sp³-hybridized carbons (Fsp3) is 0.333. The molecule has 0 N–H and O–H groups in total. The van der Waals surface area contributed by atoms with E-state index in [9.17, 15) is 18.8 Å². The lowest BCUT2D eigenvalue weighted by molar-refractivity contribution is -0.150. The van der Waals surface area contributed by atoms with Crippen LogP contribution in [0, 0.1) is 5.82 Å². The van der Waals surface area contributed by atoms with Crippen molar-refractivity contribution in [1.29, 1.82) is 0 Å². The van der Waals surface area contributed by atoms with Crippen molar-refractivity contribution in [2.24, 2.45) is 7.05 Å². The number of hydrogen-bond donors (Lipinski definition) is 0. The first kappa shape index (κ1) is 18.7. The molecule has 2 aromatic rings. The quantitative estimate of drug-likeness (QED) is 0.729. The Morgan fingerprint density at radius 3 is 2.72 bits per heavy atom. The Balaban J connectivity index is 2.53. The molecule has 0 radical (unpaired) electrons.